The van der Waals surface area contributed by atoms with Crippen molar-refractivity contribution in [3.05, 3.63) is 71.0 Å². The van der Waals surface area contributed by atoms with Gasteiger partial charge in [-0.05, 0) is 6.92 Å². The van der Waals surface area contributed by atoms with Crippen molar-refractivity contribution in [2.75, 3.05) is 5.32 Å². The van der Waals surface area contributed by atoms with Gasteiger partial charge in [0.1, 0.15) is 0 Å². The Bertz CT molecular complexity index is 910. The molecule has 0 unspecified atom stereocenters. The summed E-state index contributed by atoms with van der Waals surface area (Å²) in [5, 5.41) is 15.9. The fraction of sp³-hybridized carbons (Fsp3) is 0.111. The minimum Gasteiger partial charge on any atom is -0.619 e. The van der Waals surface area contributed by atoms with Crippen molar-refractivity contribution in [2.45, 2.75) is 13.0 Å². The van der Waals surface area contributed by atoms with Gasteiger partial charge in [0.2, 0.25) is 0 Å². The first-order valence-corrected chi connectivity index (χ1v) is 8.62. The summed E-state index contributed by atoms with van der Waals surface area (Å²) in [6.07, 6.45) is 1.36. The molecule has 1 N–H and O–H groups in total. The second-order valence-electron chi connectivity index (χ2n) is 5.39. The van der Waals surface area contributed by atoms with Crippen LogP contribution in [-0.4, -0.2) is 23.0 Å². The minimum absolute atomic E-state index is 0.192. The van der Waals surface area contributed by atoms with Crippen LogP contribution in [0, 0.1) is 5.21 Å². The Balaban J connectivity index is 1.60. The van der Waals surface area contributed by atoms with E-state index in [0.29, 0.717) is 9.86 Å². The van der Waals surface area contributed by atoms with Crippen LogP contribution in [-0.2, 0) is 9.53 Å². The Hall–Kier alpha value is -3.26. The first-order valence-electron chi connectivity index (χ1n) is 7.74. The van der Waals surface area contributed by atoms with Gasteiger partial charge >= 0.3 is 5.97 Å². The van der Waals surface area contributed by atoms with E-state index in [9.17, 15) is 14.8 Å². The number of hydrogen-bond acceptors (Lipinski definition) is 6. The lowest BCUT2D eigenvalue weighted by atomic mass is 10.2. The highest BCUT2D eigenvalue weighted by Crippen LogP contribution is 2.24. The van der Waals surface area contributed by atoms with Crippen LogP contribution in [0.1, 0.15) is 17.3 Å². The molecule has 0 aliphatic rings. The van der Waals surface area contributed by atoms with Crippen molar-refractivity contribution >= 4 is 28.3 Å². The van der Waals surface area contributed by atoms with Gasteiger partial charge in [0, 0.05) is 23.1 Å². The predicted octanol–water partition coefficient (Wildman–Crippen LogP) is 2.63. The summed E-state index contributed by atoms with van der Waals surface area (Å²) in [4.78, 5) is 28.5. The summed E-state index contributed by atoms with van der Waals surface area (Å²) < 4.78 is 5.67. The van der Waals surface area contributed by atoms with Gasteiger partial charge in [-0.3, -0.25) is 10.1 Å². The van der Waals surface area contributed by atoms with Crippen LogP contribution in [0.15, 0.2) is 60.2 Å². The van der Waals surface area contributed by atoms with Gasteiger partial charge in [-0.2, -0.15) is 4.73 Å². The van der Waals surface area contributed by atoms with Crippen LogP contribution in [0.3, 0.4) is 0 Å². The largest absolute Gasteiger partial charge is 0.619 e. The maximum Gasteiger partial charge on any atom is 0.339 e. The van der Waals surface area contributed by atoms with Gasteiger partial charge in [0.05, 0.1) is 11.3 Å². The second-order valence-corrected chi connectivity index (χ2v) is 6.25. The van der Waals surface area contributed by atoms with E-state index in [1.165, 1.54) is 42.8 Å². The molecule has 1 atom stereocenters. The molecule has 2 heterocycles. The molecule has 0 spiro atoms. The topological polar surface area (TPSA) is 95.2 Å². The molecule has 2 aromatic heterocycles. The molecule has 0 aliphatic carbocycles. The number of anilines is 1. The maximum atomic E-state index is 12.2. The second kappa shape index (κ2) is 7.75. The Morgan fingerprint density at radius 3 is 2.58 bits per heavy atom. The third-order valence-electron chi connectivity index (χ3n) is 3.49. The van der Waals surface area contributed by atoms with Gasteiger partial charge in [0.15, 0.2) is 23.6 Å². The fourth-order valence-electron chi connectivity index (χ4n) is 2.11. The molecule has 0 saturated carbocycles. The summed E-state index contributed by atoms with van der Waals surface area (Å²) >= 11 is 1.29. The zero-order valence-corrected chi connectivity index (χ0v) is 14.6. The lowest BCUT2D eigenvalue weighted by Gasteiger charge is -2.12. The first kappa shape index (κ1) is 17.6. The van der Waals surface area contributed by atoms with Crippen molar-refractivity contribution < 1.29 is 19.1 Å². The lowest BCUT2D eigenvalue weighted by molar-refractivity contribution is -0.605. The van der Waals surface area contributed by atoms with Crippen molar-refractivity contribution in [1.29, 1.82) is 0 Å². The fourth-order valence-corrected chi connectivity index (χ4v) is 2.83. The van der Waals surface area contributed by atoms with E-state index < -0.39 is 18.0 Å². The Labute approximate surface area is 153 Å². The van der Waals surface area contributed by atoms with Crippen LogP contribution < -0.4 is 10.0 Å². The molecular formula is C18H15N3O4S. The molecule has 26 heavy (non-hydrogen) atoms. The van der Waals surface area contributed by atoms with E-state index >= 15 is 0 Å². The van der Waals surface area contributed by atoms with Crippen LogP contribution in [0.25, 0.3) is 11.3 Å². The van der Waals surface area contributed by atoms with Crippen LogP contribution in [0.5, 0.6) is 0 Å². The summed E-state index contributed by atoms with van der Waals surface area (Å²) in [7, 11) is 0. The number of benzene rings is 1. The number of aromatic nitrogens is 2. The third-order valence-corrected chi connectivity index (χ3v) is 4.25. The number of rotatable bonds is 5. The highest BCUT2D eigenvalue weighted by molar-refractivity contribution is 7.14. The van der Waals surface area contributed by atoms with Crippen molar-refractivity contribution in [3.63, 3.8) is 0 Å². The van der Waals surface area contributed by atoms with Gasteiger partial charge in [-0.25, -0.2) is 9.78 Å². The van der Waals surface area contributed by atoms with E-state index in [1.807, 2.05) is 35.7 Å². The molecule has 0 saturated heterocycles. The zero-order valence-electron chi connectivity index (χ0n) is 13.8. The lowest BCUT2D eigenvalue weighted by Crippen LogP contribution is -2.30. The number of carbonyl (C=O) groups excluding carboxylic acids is 2. The zero-order chi connectivity index (χ0) is 18.5. The van der Waals surface area contributed by atoms with Gasteiger partial charge in [0.25, 0.3) is 5.91 Å². The number of pyridine rings is 1. The monoisotopic (exact) mass is 369 g/mol. The normalized spacial score (nSPS) is 11.6. The Kier molecular flexibility index (Phi) is 5.23. The smallest absolute Gasteiger partial charge is 0.339 e. The van der Waals surface area contributed by atoms with E-state index in [4.69, 9.17) is 4.74 Å². The number of esters is 1. The molecule has 0 radical (unpaired) electrons. The maximum absolute atomic E-state index is 12.2. The minimum atomic E-state index is -1.01. The third kappa shape index (κ3) is 4.22. The molecule has 132 valence electrons. The van der Waals surface area contributed by atoms with E-state index in [-0.39, 0.29) is 5.56 Å². The number of nitrogens with one attached hydrogen (secondary N) is 1. The molecule has 7 nitrogen and oxygen atoms in total. The summed E-state index contributed by atoms with van der Waals surface area (Å²) in [6, 6.07) is 12.2. The molecule has 3 aromatic rings. The Morgan fingerprint density at radius 1 is 1.19 bits per heavy atom. The van der Waals surface area contributed by atoms with Crippen LogP contribution in [0.4, 0.5) is 5.13 Å². The van der Waals surface area contributed by atoms with Gasteiger partial charge in [-0.15, -0.1) is 11.3 Å². The van der Waals surface area contributed by atoms with E-state index in [0.717, 1.165) is 11.3 Å². The highest BCUT2D eigenvalue weighted by Gasteiger charge is 2.20. The molecule has 0 bridgehead atoms. The number of amides is 1. The average molecular weight is 369 g/mol. The van der Waals surface area contributed by atoms with Crippen LogP contribution in [0.2, 0.25) is 0 Å². The van der Waals surface area contributed by atoms with Crippen molar-refractivity contribution in [3.8, 4) is 11.3 Å². The molecule has 8 heteroatoms. The standard InChI is InChI=1S/C18H15N3O4S/c1-12(25-17(23)14-7-9-21(24)10-8-14)16(22)20-18-19-15(11-26-18)13-5-3-2-4-6-13/h2-12H,1H3,(H,19,20,22)/t12-/m0/s1. The molecule has 0 aliphatic heterocycles. The Morgan fingerprint density at radius 2 is 1.88 bits per heavy atom. The average Bonchev–Trinajstić information content (AvgIpc) is 3.11. The van der Waals surface area contributed by atoms with Crippen LogP contribution >= 0.6 is 11.3 Å². The number of ether oxygens (including phenoxy) is 1. The summed E-state index contributed by atoms with van der Waals surface area (Å²) in [5.41, 5.74) is 1.89. The number of hydrogen-bond donors (Lipinski definition) is 1. The summed E-state index contributed by atoms with van der Waals surface area (Å²) in [6.45, 7) is 1.47. The highest BCUT2D eigenvalue weighted by atomic mass is 32.1. The van der Waals surface area contributed by atoms with E-state index in [1.54, 1.807) is 0 Å². The number of nitrogens with zero attached hydrogens (tertiary/aromatic N) is 2. The van der Waals surface area contributed by atoms with Crippen molar-refractivity contribution in [1.82, 2.24) is 4.98 Å². The molecule has 1 amide bonds. The molecular weight excluding hydrogens is 354 g/mol. The van der Waals surface area contributed by atoms with E-state index in [2.05, 4.69) is 10.3 Å². The SMILES string of the molecule is C[C@H](OC(=O)c1cc[n+]([O-])cc1)C(=O)Nc1nc(-c2ccccc2)cs1. The predicted molar refractivity (Wildman–Crippen MR) is 96.5 cm³/mol. The first-order chi connectivity index (χ1) is 12.5. The molecule has 1 aromatic carbocycles. The van der Waals surface area contributed by atoms with Gasteiger partial charge < -0.3 is 9.94 Å². The molecule has 3 rings (SSSR count). The van der Waals surface area contributed by atoms with Gasteiger partial charge in [-0.1, -0.05) is 30.3 Å². The number of thiazole rings is 1. The summed E-state index contributed by atoms with van der Waals surface area (Å²) in [5.74, 6) is -1.17. The van der Waals surface area contributed by atoms with Crippen molar-refractivity contribution in [2.24, 2.45) is 0 Å². The molecule has 0 fully saturated rings. The quantitative estimate of drug-likeness (QED) is 0.424. The number of carbonyl (C=O) groups is 2.